The molecule has 0 unspecified atom stereocenters. The number of rotatable bonds is 6. The van der Waals surface area contributed by atoms with Crippen LogP contribution in [0.25, 0.3) is 17.1 Å². The molecule has 2 aromatic heterocycles. The normalized spacial score (nSPS) is 11.1. The zero-order valence-electron chi connectivity index (χ0n) is 15.2. The first-order valence-corrected chi connectivity index (χ1v) is 9.09. The molecule has 0 aliphatic heterocycles. The second-order valence-electron chi connectivity index (χ2n) is 6.75. The van der Waals surface area contributed by atoms with Gasteiger partial charge < -0.3 is 9.88 Å². The summed E-state index contributed by atoms with van der Waals surface area (Å²) in [5.41, 5.74) is 3.01. The van der Waals surface area contributed by atoms with E-state index in [0.717, 1.165) is 23.5 Å². The van der Waals surface area contributed by atoms with Crippen molar-refractivity contribution in [1.29, 1.82) is 0 Å². The molecule has 26 heavy (non-hydrogen) atoms. The molecule has 3 rings (SSSR count). The van der Waals surface area contributed by atoms with E-state index in [1.54, 1.807) is 16.8 Å². The molecular formula is C20H23ClN4O. The van der Waals surface area contributed by atoms with Crippen LogP contribution in [0.2, 0.25) is 5.02 Å². The standard InChI is InChI=1S/C20H23ClN4O/c1-14(2)10-11-22-20(26)19-13-17(18-5-4-12-24(18)3)23-25(19)16-8-6-15(21)7-9-16/h4-9,12-14H,10-11H2,1-3H3,(H,22,26). The van der Waals surface area contributed by atoms with Crippen molar-refractivity contribution in [3.05, 3.63) is 59.4 Å². The van der Waals surface area contributed by atoms with Gasteiger partial charge in [0.25, 0.3) is 5.91 Å². The quantitative estimate of drug-likeness (QED) is 0.703. The fraction of sp³-hybridized carbons (Fsp3) is 0.300. The molecule has 0 radical (unpaired) electrons. The fourth-order valence-corrected chi connectivity index (χ4v) is 2.87. The van der Waals surface area contributed by atoms with Gasteiger partial charge in [-0.2, -0.15) is 5.10 Å². The molecule has 5 nitrogen and oxygen atoms in total. The van der Waals surface area contributed by atoms with Gasteiger partial charge >= 0.3 is 0 Å². The summed E-state index contributed by atoms with van der Waals surface area (Å²) in [7, 11) is 1.96. The third kappa shape index (κ3) is 3.99. The molecule has 0 bridgehead atoms. The average Bonchev–Trinajstić information content (AvgIpc) is 3.21. The molecule has 0 spiro atoms. The van der Waals surface area contributed by atoms with E-state index in [-0.39, 0.29) is 5.91 Å². The van der Waals surface area contributed by atoms with Gasteiger partial charge in [-0.05, 0) is 54.8 Å². The largest absolute Gasteiger partial charge is 0.351 e. The minimum atomic E-state index is -0.131. The number of aromatic nitrogens is 3. The molecule has 6 heteroatoms. The van der Waals surface area contributed by atoms with Crippen LogP contribution in [0.5, 0.6) is 0 Å². The lowest BCUT2D eigenvalue weighted by atomic mass is 10.1. The Balaban J connectivity index is 1.97. The van der Waals surface area contributed by atoms with E-state index in [1.165, 1.54) is 0 Å². The smallest absolute Gasteiger partial charge is 0.270 e. The summed E-state index contributed by atoms with van der Waals surface area (Å²) in [6.07, 6.45) is 2.89. The van der Waals surface area contributed by atoms with E-state index in [0.29, 0.717) is 23.2 Å². The summed E-state index contributed by atoms with van der Waals surface area (Å²) >= 11 is 5.99. The molecule has 1 amide bonds. The lowest BCUT2D eigenvalue weighted by Crippen LogP contribution is -2.27. The van der Waals surface area contributed by atoms with E-state index >= 15 is 0 Å². The van der Waals surface area contributed by atoms with Gasteiger partial charge in [-0.3, -0.25) is 4.79 Å². The van der Waals surface area contributed by atoms with Crippen molar-refractivity contribution in [3.63, 3.8) is 0 Å². The summed E-state index contributed by atoms with van der Waals surface area (Å²) in [6, 6.07) is 13.1. The molecule has 3 aromatic rings. The Labute approximate surface area is 158 Å². The highest BCUT2D eigenvalue weighted by Gasteiger charge is 2.18. The van der Waals surface area contributed by atoms with E-state index in [9.17, 15) is 4.79 Å². The minimum absolute atomic E-state index is 0.131. The molecular weight excluding hydrogens is 348 g/mol. The van der Waals surface area contributed by atoms with Crippen LogP contribution in [-0.4, -0.2) is 26.8 Å². The minimum Gasteiger partial charge on any atom is -0.351 e. The molecule has 1 N–H and O–H groups in total. The van der Waals surface area contributed by atoms with Crippen molar-refractivity contribution in [2.24, 2.45) is 13.0 Å². The van der Waals surface area contributed by atoms with Gasteiger partial charge in [0.05, 0.1) is 11.4 Å². The maximum absolute atomic E-state index is 12.8. The molecule has 0 saturated carbocycles. The lowest BCUT2D eigenvalue weighted by Gasteiger charge is -2.09. The fourth-order valence-electron chi connectivity index (χ4n) is 2.74. The lowest BCUT2D eigenvalue weighted by molar-refractivity contribution is 0.0944. The number of nitrogens with zero attached hydrogens (tertiary/aromatic N) is 3. The van der Waals surface area contributed by atoms with Crippen molar-refractivity contribution < 1.29 is 4.79 Å². The second kappa shape index (κ2) is 7.79. The van der Waals surface area contributed by atoms with Gasteiger partial charge in [-0.15, -0.1) is 0 Å². The first-order chi connectivity index (χ1) is 12.5. The molecule has 0 fully saturated rings. The Morgan fingerprint density at radius 1 is 1.23 bits per heavy atom. The van der Waals surface area contributed by atoms with Gasteiger partial charge in [0.2, 0.25) is 0 Å². The zero-order chi connectivity index (χ0) is 18.7. The third-order valence-corrected chi connectivity index (χ3v) is 4.48. The number of hydrogen-bond acceptors (Lipinski definition) is 2. The Morgan fingerprint density at radius 3 is 2.58 bits per heavy atom. The van der Waals surface area contributed by atoms with Crippen molar-refractivity contribution >= 4 is 17.5 Å². The summed E-state index contributed by atoms with van der Waals surface area (Å²) in [4.78, 5) is 12.8. The van der Waals surface area contributed by atoms with Crippen molar-refractivity contribution in [1.82, 2.24) is 19.7 Å². The number of amides is 1. The zero-order valence-corrected chi connectivity index (χ0v) is 16.0. The molecule has 2 heterocycles. The average molecular weight is 371 g/mol. The first-order valence-electron chi connectivity index (χ1n) is 8.71. The highest BCUT2D eigenvalue weighted by atomic mass is 35.5. The van der Waals surface area contributed by atoms with Crippen LogP contribution in [-0.2, 0) is 7.05 Å². The van der Waals surface area contributed by atoms with Crippen molar-refractivity contribution in [3.8, 4) is 17.1 Å². The summed E-state index contributed by atoms with van der Waals surface area (Å²) in [5.74, 6) is 0.406. The SMILES string of the molecule is CC(C)CCNC(=O)c1cc(-c2cccn2C)nn1-c1ccc(Cl)cc1. The van der Waals surface area contributed by atoms with E-state index < -0.39 is 0 Å². The predicted octanol–water partition coefficient (Wildman–Crippen LogP) is 4.31. The topological polar surface area (TPSA) is 51.9 Å². The number of hydrogen-bond donors (Lipinski definition) is 1. The molecule has 0 aliphatic rings. The summed E-state index contributed by atoms with van der Waals surface area (Å²) in [6.45, 7) is 4.91. The van der Waals surface area contributed by atoms with Crippen molar-refractivity contribution in [2.45, 2.75) is 20.3 Å². The molecule has 0 saturated heterocycles. The monoisotopic (exact) mass is 370 g/mol. The highest BCUT2D eigenvalue weighted by molar-refractivity contribution is 6.30. The molecule has 0 atom stereocenters. The van der Waals surface area contributed by atoms with Crippen LogP contribution < -0.4 is 5.32 Å². The molecule has 136 valence electrons. The Hall–Kier alpha value is -2.53. The first kappa shape index (κ1) is 18.3. The van der Waals surface area contributed by atoms with Crippen LogP contribution >= 0.6 is 11.6 Å². The Bertz CT molecular complexity index is 893. The maximum Gasteiger partial charge on any atom is 0.270 e. The van der Waals surface area contributed by atoms with Gasteiger partial charge in [-0.25, -0.2) is 4.68 Å². The predicted molar refractivity (Wildman–Crippen MR) is 105 cm³/mol. The second-order valence-corrected chi connectivity index (χ2v) is 7.18. The van der Waals surface area contributed by atoms with Crippen molar-refractivity contribution in [2.75, 3.05) is 6.54 Å². The summed E-state index contributed by atoms with van der Waals surface area (Å²) in [5, 5.41) is 8.31. The Morgan fingerprint density at radius 2 is 1.96 bits per heavy atom. The maximum atomic E-state index is 12.8. The van der Waals surface area contributed by atoms with Crippen LogP contribution in [0.1, 0.15) is 30.8 Å². The number of aryl methyl sites for hydroxylation is 1. The number of nitrogens with one attached hydrogen (secondary N) is 1. The highest BCUT2D eigenvalue weighted by Crippen LogP contribution is 2.23. The third-order valence-electron chi connectivity index (χ3n) is 4.23. The number of carbonyl (C=O) groups excluding carboxylic acids is 1. The molecule has 1 aromatic carbocycles. The van der Waals surface area contributed by atoms with Crippen LogP contribution in [0.4, 0.5) is 0 Å². The Kier molecular flexibility index (Phi) is 5.47. The van der Waals surface area contributed by atoms with Crippen LogP contribution in [0, 0.1) is 5.92 Å². The van der Waals surface area contributed by atoms with E-state index in [2.05, 4.69) is 24.3 Å². The number of carbonyl (C=O) groups is 1. The number of halogens is 1. The van der Waals surface area contributed by atoms with E-state index in [4.69, 9.17) is 11.6 Å². The van der Waals surface area contributed by atoms with Gasteiger partial charge in [0, 0.05) is 24.8 Å². The van der Waals surface area contributed by atoms with Crippen LogP contribution in [0.15, 0.2) is 48.7 Å². The van der Waals surface area contributed by atoms with Crippen LogP contribution in [0.3, 0.4) is 0 Å². The van der Waals surface area contributed by atoms with Gasteiger partial charge in [0.1, 0.15) is 11.4 Å². The van der Waals surface area contributed by atoms with Gasteiger partial charge in [0.15, 0.2) is 0 Å². The van der Waals surface area contributed by atoms with E-state index in [1.807, 2.05) is 48.1 Å². The molecule has 0 aliphatic carbocycles. The van der Waals surface area contributed by atoms with Gasteiger partial charge in [-0.1, -0.05) is 25.4 Å². The summed E-state index contributed by atoms with van der Waals surface area (Å²) < 4.78 is 3.65. The number of benzene rings is 1.